The Hall–Kier alpha value is -0.910. The van der Waals surface area contributed by atoms with Gasteiger partial charge in [0.25, 0.3) is 0 Å². The summed E-state index contributed by atoms with van der Waals surface area (Å²) in [5.41, 5.74) is 0. The highest BCUT2D eigenvalue weighted by Gasteiger charge is 2.26. The van der Waals surface area contributed by atoms with Crippen LogP contribution in [0.4, 0.5) is 0 Å². The number of aliphatic hydroxyl groups is 3. The maximum atomic E-state index is 12.3. The highest BCUT2D eigenvalue weighted by atomic mass is 16.3. The second kappa shape index (κ2) is 34.0. The average Bonchev–Trinajstić information content (AvgIpc) is 3.01. The van der Waals surface area contributed by atoms with Gasteiger partial charge in [0.2, 0.25) is 5.91 Å². The van der Waals surface area contributed by atoms with Crippen molar-refractivity contribution in [3.8, 4) is 0 Å². The van der Waals surface area contributed by atoms with Gasteiger partial charge in [-0.25, -0.2) is 0 Å². The van der Waals surface area contributed by atoms with Gasteiger partial charge in [-0.15, -0.1) is 0 Å². The molecule has 0 aliphatic carbocycles. The number of unbranched alkanes of at least 4 members (excludes halogenated alkanes) is 24. The molecule has 0 aromatic rings. The summed E-state index contributed by atoms with van der Waals surface area (Å²) in [6, 6.07) is -0.818. The molecule has 0 saturated carbocycles. The van der Waals surface area contributed by atoms with Crippen LogP contribution in [0.5, 0.6) is 0 Å². The minimum absolute atomic E-state index is 0.155. The molecule has 0 aromatic carbocycles. The molecule has 0 heterocycles. The number of hydrogen-bond acceptors (Lipinski definition) is 4. The maximum absolute atomic E-state index is 12.3. The quantitative estimate of drug-likeness (QED) is 0.0432. The van der Waals surface area contributed by atoms with Crippen molar-refractivity contribution >= 4 is 5.91 Å². The Bertz CT molecular complexity index is 596. The lowest BCUT2D eigenvalue weighted by molar-refractivity contribution is -0.124. The topological polar surface area (TPSA) is 89.8 Å². The van der Waals surface area contributed by atoms with Crippen LogP contribution in [0.3, 0.4) is 0 Å². The van der Waals surface area contributed by atoms with Gasteiger partial charge < -0.3 is 20.6 Å². The molecule has 0 radical (unpaired) electrons. The van der Waals surface area contributed by atoms with Crippen LogP contribution in [0.2, 0.25) is 0 Å². The molecule has 4 N–H and O–H groups in total. The number of hydrogen-bond donors (Lipinski definition) is 4. The van der Waals surface area contributed by atoms with Crippen molar-refractivity contribution < 1.29 is 20.1 Å². The molecule has 256 valence electrons. The van der Waals surface area contributed by atoms with Crippen LogP contribution in [-0.4, -0.2) is 46.1 Å². The van der Waals surface area contributed by atoms with Gasteiger partial charge in [-0.3, -0.25) is 4.79 Å². The van der Waals surface area contributed by atoms with Crippen LogP contribution in [0.15, 0.2) is 12.2 Å². The first-order chi connectivity index (χ1) is 21.1. The van der Waals surface area contributed by atoms with Crippen LogP contribution in [0, 0.1) is 0 Å². The SMILES string of the molecule is CCCCCCCCCCCCCC/C=C/CCCC(O)C(O)C(CO)NC(=O)CCCCCCCCCCCCCC. The molecule has 3 unspecified atom stereocenters. The van der Waals surface area contributed by atoms with Crippen molar-refractivity contribution in [2.24, 2.45) is 0 Å². The highest BCUT2D eigenvalue weighted by molar-refractivity contribution is 5.76. The Balaban J connectivity index is 3.70. The number of aliphatic hydroxyl groups excluding tert-OH is 3. The normalized spacial score (nSPS) is 13.9. The Morgan fingerprint density at radius 2 is 0.930 bits per heavy atom. The highest BCUT2D eigenvalue weighted by Crippen LogP contribution is 2.15. The molecule has 0 bridgehead atoms. The van der Waals surface area contributed by atoms with E-state index in [2.05, 4.69) is 31.3 Å². The van der Waals surface area contributed by atoms with Crippen LogP contribution in [0.25, 0.3) is 0 Å². The third kappa shape index (κ3) is 29.6. The lowest BCUT2D eigenvalue weighted by Crippen LogP contribution is -2.50. The van der Waals surface area contributed by atoms with Crippen LogP contribution >= 0.6 is 0 Å². The van der Waals surface area contributed by atoms with Gasteiger partial charge in [-0.1, -0.05) is 167 Å². The zero-order valence-electron chi connectivity index (χ0n) is 28.8. The second-order valence-corrected chi connectivity index (χ2v) is 13.1. The smallest absolute Gasteiger partial charge is 0.220 e. The van der Waals surface area contributed by atoms with Gasteiger partial charge in [0.05, 0.1) is 18.8 Å². The number of allylic oxidation sites excluding steroid dienone is 2. The molecular weight excluding hydrogens is 534 g/mol. The molecule has 5 heteroatoms. The number of amides is 1. The summed E-state index contributed by atoms with van der Waals surface area (Å²) in [5.74, 6) is -0.155. The second-order valence-electron chi connectivity index (χ2n) is 13.1. The molecule has 0 rings (SSSR count). The minimum Gasteiger partial charge on any atom is -0.394 e. The molecular formula is C38H75NO4. The summed E-state index contributed by atoms with van der Waals surface area (Å²) in [6.45, 7) is 4.15. The first-order valence-corrected chi connectivity index (χ1v) is 19.0. The van der Waals surface area contributed by atoms with Crippen molar-refractivity contribution in [3.63, 3.8) is 0 Å². The largest absolute Gasteiger partial charge is 0.394 e. The number of carbonyl (C=O) groups is 1. The predicted molar refractivity (Wildman–Crippen MR) is 185 cm³/mol. The third-order valence-electron chi connectivity index (χ3n) is 8.87. The first kappa shape index (κ1) is 42.1. The van der Waals surface area contributed by atoms with Gasteiger partial charge in [0.1, 0.15) is 6.10 Å². The molecule has 0 aromatic heterocycles. The van der Waals surface area contributed by atoms with Crippen LogP contribution < -0.4 is 5.32 Å². The maximum Gasteiger partial charge on any atom is 0.220 e. The van der Waals surface area contributed by atoms with Crippen molar-refractivity contribution in [1.29, 1.82) is 0 Å². The molecule has 0 fully saturated rings. The van der Waals surface area contributed by atoms with E-state index in [-0.39, 0.29) is 12.5 Å². The van der Waals surface area contributed by atoms with E-state index < -0.39 is 18.2 Å². The Morgan fingerprint density at radius 1 is 0.558 bits per heavy atom. The van der Waals surface area contributed by atoms with E-state index >= 15 is 0 Å². The standard InChI is InChI=1S/C38H75NO4/c1-3-5-7-9-11-13-15-17-18-19-20-21-22-24-26-28-30-32-36(41)38(43)35(34-40)39-37(42)33-31-29-27-25-23-16-14-12-10-8-6-4-2/h24,26,35-36,38,40-41,43H,3-23,25,27-34H2,1-2H3,(H,39,42)/b26-24+. The summed E-state index contributed by atoms with van der Waals surface area (Å²) in [5, 5.41) is 33.3. The Kier molecular flexibility index (Phi) is 33.3. The molecule has 0 aliphatic rings. The van der Waals surface area contributed by atoms with Gasteiger partial charge in [-0.2, -0.15) is 0 Å². The van der Waals surface area contributed by atoms with E-state index in [0.29, 0.717) is 12.8 Å². The van der Waals surface area contributed by atoms with Crippen molar-refractivity contribution in [1.82, 2.24) is 5.32 Å². The third-order valence-corrected chi connectivity index (χ3v) is 8.87. The average molecular weight is 610 g/mol. The molecule has 5 nitrogen and oxygen atoms in total. The zero-order valence-corrected chi connectivity index (χ0v) is 28.8. The summed E-state index contributed by atoms with van der Waals surface area (Å²) in [7, 11) is 0. The first-order valence-electron chi connectivity index (χ1n) is 19.0. The number of nitrogens with one attached hydrogen (secondary N) is 1. The van der Waals surface area contributed by atoms with Gasteiger partial charge >= 0.3 is 0 Å². The van der Waals surface area contributed by atoms with Crippen molar-refractivity contribution in [3.05, 3.63) is 12.2 Å². The predicted octanol–water partition coefficient (Wildman–Crippen LogP) is 10.1. The lowest BCUT2D eigenvalue weighted by Gasteiger charge is -2.26. The lowest BCUT2D eigenvalue weighted by atomic mass is 10.0. The summed E-state index contributed by atoms with van der Waals surface area (Å²) in [6.07, 6.45) is 37.3. The summed E-state index contributed by atoms with van der Waals surface area (Å²) < 4.78 is 0. The Labute approximate surface area is 268 Å². The molecule has 1 amide bonds. The van der Waals surface area contributed by atoms with E-state index in [1.165, 1.54) is 135 Å². The number of carbonyl (C=O) groups excluding carboxylic acids is 1. The van der Waals surface area contributed by atoms with Gasteiger partial charge in [0.15, 0.2) is 0 Å². The van der Waals surface area contributed by atoms with Crippen molar-refractivity contribution in [2.75, 3.05) is 6.61 Å². The van der Waals surface area contributed by atoms with E-state index in [1.54, 1.807) is 0 Å². The van der Waals surface area contributed by atoms with Gasteiger partial charge in [-0.05, 0) is 38.5 Å². The monoisotopic (exact) mass is 610 g/mol. The van der Waals surface area contributed by atoms with Crippen LogP contribution in [-0.2, 0) is 4.79 Å². The molecule has 0 aliphatic heterocycles. The van der Waals surface area contributed by atoms with E-state index in [9.17, 15) is 20.1 Å². The zero-order chi connectivity index (χ0) is 31.6. The molecule has 3 atom stereocenters. The fourth-order valence-corrected chi connectivity index (χ4v) is 5.87. The Morgan fingerprint density at radius 3 is 1.35 bits per heavy atom. The van der Waals surface area contributed by atoms with E-state index in [0.717, 1.165) is 38.5 Å². The van der Waals surface area contributed by atoms with Crippen molar-refractivity contribution in [2.45, 2.75) is 218 Å². The number of rotatable bonds is 34. The fraction of sp³-hybridized carbons (Fsp3) is 0.921. The molecule has 0 saturated heterocycles. The van der Waals surface area contributed by atoms with E-state index in [4.69, 9.17) is 0 Å². The van der Waals surface area contributed by atoms with Gasteiger partial charge in [0, 0.05) is 6.42 Å². The molecule has 43 heavy (non-hydrogen) atoms. The molecule has 0 spiro atoms. The summed E-state index contributed by atoms with van der Waals surface area (Å²) in [4.78, 5) is 12.3. The fourth-order valence-electron chi connectivity index (χ4n) is 5.87. The van der Waals surface area contributed by atoms with Crippen LogP contribution in [0.1, 0.15) is 200 Å². The van der Waals surface area contributed by atoms with E-state index in [1.807, 2.05) is 0 Å². The summed E-state index contributed by atoms with van der Waals surface area (Å²) >= 11 is 0. The minimum atomic E-state index is -1.15.